The van der Waals surface area contributed by atoms with Gasteiger partial charge in [-0.15, -0.1) is 0 Å². The molecule has 0 spiro atoms. The Hall–Kier alpha value is -1.74. The van der Waals surface area contributed by atoms with E-state index in [2.05, 4.69) is 5.32 Å². The van der Waals surface area contributed by atoms with Crippen molar-refractivity contribution >= 4 is 27.3 Å². The predicted molar refractivity (Wildman–Crippen MR) is 105 cm³/mol. The number of ether oxygens (including phenoxy) is 1. The summed E-state index contributed by atoms with van der Waals surface area (Å²) in [5.41, 5.74) is 1.44. The summed E-state index contributed by atoms with van der Waals surface area (Å²) in [5.74, 6) is -0.255. The van der Waals surface area contributed by atoms with Crippen molar-refractivity contribution in [1.29, 1.82) is 0 Å². The Morgan fingerprint density at radius 1 is 1.19 bits per heavy atom. The number of nitrogens with one attached hydrogen (secondary N) is 1. The molecule has 6 nitrogen and oxygen atoms in total. The fourth-order valence-corrected chi connectivity index (χ4v) is 5.33. The van der Waals surface area contributed by atoms with E-state index >= 15 is 0 Å². The lowest BCUT2D eigenvalue weighted by molar-refractivity contribution is 0.0829. The number of methoxy groups -OCH3 is 1. The van der Waals surface area contributed by atoms with Crippen molar-refractivity contribution in [3.05, 3.63) is 52.2 Å². The van der Waals surface area contributed by atoms with E-state index in [9.17, 15) is 13.2 Å². The van der Waals surface area contributed by atoms with Crippen LogP contribution in [-0.2, 0) is 14.8 Å². The molecule has 2 aromatic rings. The zero-order chi connectivity index (χ0) is 19.3. The molecular formula is C19H24N2O4S2. The normalized spacial score (nSPS) is 16.8. The van der Waals surface area contributed by atoms with E-state index in [-0.39, 0.29) is 16.9 Å². The summed E-state index contributed by atoms with van der Waals surface area (Å²) in [6, 6.07) is 8.08. The van der Waals surface area contributed by atoms with Crippen LogP contribution in [0, 0.1) is 0 Å². The number of thiophene rings is 1. The molecule has 1 fully saturated rings. The van der Waals surface area contributed by atoms with Gasteiger partial charge in [0.15, 0.2) is 0 Å². The minimum atomic E-state index is -3.48. The van der Waals surface area contributed by atoms with Gasteiger partial charge in [-0.3, -0.25) is 4.79 Å². The van der Waals surface area contributed by atoms with Gasteiger partial charge in [0.25, 0.3) is 5.91 Å². The molecular weight excluding hydrogens is 384 g/mol. The summed E-state index contributed by atoms with van der Waals surface area (Å²) >= 11 is 1.58. The van der Waals surface area contributed by atoms with Crippen molar-refractivity contribution in [2.24, 2.45) is 0 Å². The zero-order valence-corrected chi connectivity index (χ0v) is 16.9. The van der Waals surface area contributed by atoms with Crippen molar-refractivity contribution in [3.8, 4) is 0 Å². The van der Waals surface area contributed by atoms with Crippen molar-refractivity contribution in [2.75, 3.05) is 26.7 Å². The number of amides is 1. The molecule has 1 atom stereocenters. The number of carbonyl (C=O) groups is 1. The molecule has 3 rings (SSSR count). The third-order valence-corrected chi connectivity index (χ3v) is 7.33. The van der Waals surface area contributed by atoms with E-state index < -0.39 is 10.0 Å². The van der Waals surface area contributed by atoms with Gasteiger partial charge >= 0.3 is 0 Å². The van der Waals surface area contributed by atoms with E-state index in [1.807, 2.05) is 16.8 Å². The van der Waals surface area contributed by atoms with Crippen LogP contribution in [0.15, 0.2) is 46.0 Å². The monoisotopic (exact) mass is 408 g/mol. The average molecular weight is 409 g/mol. The van der Waals surface area contributed by atoms with Gasteiger partial charge < -0.3 is 10.1 Å². The smallest absolute Gasteiger partial charge is 0.251 e. The van der Waals surface area contributed by atoms with E-state index in [0.29, 0.717) is 25.2 Å². The molecule has 1 N–H and O–H groups in total. The maximum Gasteiger partial charge on any atom is 0.251 e. The number of benzene rings is 1. The molecule has 8 heteroatoms. The molecule has 1 saturated heterocycles. The summed E-state index contributed by atoms with van der Waals surface area (Å²) in [4.78, 5) is 12.6. The Morgan fingerprint density at radius 2 is 1.89 bits per heavy atom. The van der Waals surface area contributed by atoms with E-state index in [1.54, 1.807) is 30.6 Å². The lowest BCUT2D eigenvalue weighted by atomic mass is 10.1. The van der Waals surface area contributed by atoms with Crippen LogP contribution in [0.25, 0.3) is 0 Å². The first-order valence-corrected chi connectivity index (χ1v) is 11.3. The van der Waals surface area contributed by atoms with Crippen molar-refractivity contribution in [3.63, 3.8) is 0 Å². The SMILES string of the molecule is COC(CNC(=O)c1ccc(S(=O)(=O)N2CCCCC2)cc1)c1ccsc1. The fourth-order valence-electron chi connectivity index (χ4n) is 3.12. The second-order valence-electron chi connectivity index (χ2n) is 6.48. The van der Waals surface area contributed by atoms with E-state index in [4.69, 9.17) is 4.74 Å². The molecule has 1 aliphatic heterocycles. The lowest BCUT2D eigenvalue weighted by Gasteiger charge is -2.25. The number of hydrogen-bond acceptors (Lipinski definition) is 5. The molecule has 2 heterocycles. The van der Waals surface area contributed by atoms with E-state index in [0.717, 1.165) is 24.8 Å². The average Bonchev–Trinajstić information content (AvgIpc) is 3.24. The summed E-state index contributed by atoms with van der Waals surface area (Å²) in [5, 5.41) is 6.79. The Labute approximate surface area is 164 Å². The number of piperidine rings is 1. The highest BCUT2D eigenvalue weighted by molar-refractivity contribution is 7.89. The second kappa shape index (κ2) is 8.97. The maximum absolute atomic E-state index is 12.7. The lowest BCUT2D eigenvalue weighted by Crippen LogP contribution is -2.35. The van der Waals surface area contributed by atoms with Crippen LogP contribution in [-0.4, -0.2) is 45.4 Å². The standard InChI is InChI=1S/C19H24N2O4S2/c1-25-18(16-9-12-26-14-16)13-20-19(22)15-5-7-17(8-6-15)27(23,24)21-10-3-2-4-11-21/h5-9,12,14,18H,2-4,10-11,13H2,1H3,(H,20,22). The number of nitrogens with zero attached hydrogens (tertiary/aromatic N) is 1. The molecule has 1 aliphatic rings. The maximum atomic E-state index is 12.7. The Morgan fingerprint density at radius 3 is 2.48 bits per heavy atom. The summed E-state index contributed by atoms with van der Waals surface area (Å²) in [6.07, 6.45) is 2.65. The first kappa shape index (κ1) is 20.0. The highest BCUT2D eigenvalue weighted by Crippen LogP contribution is 2.21. The number of hydrogen-bond donors (Lipinski definition) is 1. The van der Waals surface area contributed by atoms with Crippen molar-refractivity contribution < 1.29 is 17.9 Å². The number of sulfonamides is 1. The molecule has 0 saturated carbocycles. The Bertz CT molecular complexity index is 842. The van der Waals surface area contributed by atoms with Gasteiger partial charge in [-0.25, -0.2) is 8.42 Å². The minimum absolute atomic E-state index is 0.209. The fraction of sp³-hybridized carbons (Fsp3) is 0.421. The third kappa shape index (κ3) is 4.76. The first-order chi connectivity index (χ1) is 13.0. The van der Waals surface area contributed by atoms with Crippen LogP contribution in [0.2, 0.25) is 0 Å². The second-order valence-corrected chi connectivity index (χ2v) is 9.20. The van der Waals surface area contributed by atoms with Gasteiger partial charge in [0.1, 0.15) is 6.10 Å². The molecule has 1 aromatic carbocycles. The zero-order valence-electron chi connectivity index (χ0n) is 15.3. The van der Waals surface area contributed by atoms with Gasteiger partial charge in [0, 0.05) is 32.3 Å². The van der Waals surface area contributed by atoms with Gasteiger partial charge in [-0.1, -0.05) is 6.42 Å². The van der Waals surface area contributed by atoms with Gasteiger partial charge in [-0.2, -0.15) is 15.6 Å². The third-order valence-electron chi connectivity index (χ3n) is 4.72. The van der Waals surface area contributed by atoms with Crippen LogP contribution in [0.1, 0.15) is 41.3 Å². The molecule has 1 amide bonds. The topological polar surface area (TPSA) is 75.7 Å². The molecule has 0 bridgehead atoms. The minimum Gasteiger partial charge on any atom is -0.375 e. The molecule has 1 aromatic heterocycles. The molecule has 27 heavy (non-hydrogen) atoms. The van der Waals surface area contributed by atoms with Crippen molar-refractivity contribution in [1.82, 2.24) is 9.62 Å². The van der Waals surface area contributed by atoms with Crippen LogP contribution in [0.5, 0.6) is 0 Å². The molecule has 0 radical (unpaired) electrons. The van der Waals surface area contributed by atoms with Crippen molar-refractivity contribution in [2.45, 2.75) is 30.3 Å². The molecule has 0 aliphatic carbocycles. The predicted octanol–water partition coefficient (Wildman–Crippen LogP) is 3.04. The van der Waals surface area contributed by atoms with Crippen LogP contribution in [0.3, 0.4) is 0 Å². The van der Waals surface area contributed by atoms with Crippen LogP contribution < -0.4 is 5.32 Å². The quantitative estimate of drug-likeness (QED) is 0.764. The highest BCUT2D eigenvalue weighted by atomic mass is 32.2. The summed E-state index contributed by atoms with van der Waals surface area (Å²) < 4.78 is 32.3. The Kier molecular flexibility index (Phi) is 6.64. The van der Waals surface area contributed by atoms with E-state index in [1.165, 1.54) is 16.4 Å². The van der Waals surface area contributed by atoms with Gasteiger partial charge in [-0.05, 0) is 59.5 Å². The number of carbonyl (C=O) groups excluding carboxylic acids is 1. The van der Waals surface area contributed by atoms with Gasteiger partial charge in [0.2, 0.25) is 10.0 Å². The Balaban J connectivity index is 1.63. The van der Waals surface area contributed by atoms with Gasteiger partial charge in [0.05, 0.1) is 4.90 Å². The summed E-state index contributed by atoms with van der Waals surface area (Å²) in [6.45, 7) is 1.47. The van der Waals surface area contributed by atoms with Crippen LogP contribution >= 0.6 is 11.3 Å². The largest absolute Gasteiger partial charge is 0.375 e. The van der Waals surface area contributed by atoms with Crippen LogP contribution in [0.4, 0.5) is 0 Å². The molecule has 146 valence electrons. The highest BCUT2D eigenvalue weighted by Gasteiger charge is 2.26. The molecule has 1 unspecified atom stereocenters. The number of rotatable bonds is 7. The summed E-state index contributed by atoms with van der Waals surface area (Å²) in [7, 11) is -1.88. The first-order valence-electron chi connectivity index (χ1n) is 8.95.